The number of aromatic nitrogens is 1. The number of hydrogen-bond donors (Lipinski definition) is 2. The fourth-order valence-electron chi connectivity index (χ4n) is 4.69. The van der Waals surface area contributed by atoms with Gasteiger partial charge in [0.15, 0.2) is 0 Å². The topological polar surface area (TPSA) is 73.4 Å². The average Bonchev–Trinajstić information content (AvgIpc) is 3.27. The van der Waals surface area contributed by atoms with Crippen LogP contribution in [-0.2, 0) is 9.59 Å². The van der Waals surface area contributed by atoms with E-state index >= 15 is 0 Å². The number of ketones is 1. The van der Waals surface area contributed by atoms with Gasteiger partial charge in [-0.05, 0) is 62.2 Å². The highest BCUT2D eigenvalue weighted by molar-refractivity contribution is 6.52. The predicted molar refractivity (Wildman–Crippen MR) is 135 cm³/mol. The summed E-state index contributed by atoms with van der Waals surface area (Å²) >= 11 is 6.24. The van der Waals surface area contributed by atoms with Crippen molar-refractivity contribution in [3.05, 3.63) is 105 Å². The van der Waals surface area contributed by atoms with Crippen LogP contribution in [-0.4, -0.2) is 21.8 Å². The largest absolute Gasteiger partial charge is 0.507 e. The molecule has 0 saturated carbocycles. The Labute approximate surface area is 202 Å². The standard InChI is InChI=1S/C28H23ClN2O3/c1-15-11-12-18(13-16(15)2)26(32)24-25(23-17(3)30-22-10-5-4-9-21(22)23)31(28(34)27(24)33)20-8-6-7-19(29)14-20/h4-14,25,30,32H,1-3H3/b26-24+. The number of carbonyl (C=O) groups is 2. The fourth-order valence-corrected chi connectivity index (χ4v) is 4.88. The number of rotatable bonds is 3. The van der Waals surface area contributed by atoms with Gasteiger partial charge in [0.25, 0.3) is 11.7 Å². The highest BCUT2D eigenvalue weighted by atomic mass is 35.5. The number of amides is 1. The SMILES string of the molecule is Cc1ccc(/C(O)=C2\C(=O)C(=O)N(c3cccc(Cl)c3)C2c2c(C)[nH]c3ccccc23)cc1C. The van der Waals surface area contributed by atoms with E-state index in [0.29, 0.717) is 16.3 Å². The molecule has 3 aromatic carbocycles. The molecule has 5 rings (SSSR count). The van der Waals surface area contributed by atoms with Crippen LogP contribution < -0.4 is 4.90 Å². The first-order valence-corrected chi connectivity index (χ1v) is 11.4. The normalized spacial score (nSPS) is 17.6. The van der Waals surface area contributed by atoms with Crippen molar-refractivity contribution in [2.45, 2.75) is 26.8 Å². The minimum absolute atomic E-state index is 0.0566. The Morgan fingerprint density at radius 2 is 1.71 bits per heavy atom. The van der Waals surface area contributed by atoms with Gasteiger partial charge in [-0.25, -0.2) is 0 Å². The van der Waals surface area contributed by atoms with Gasteiger partial charge in [0.2, 0.25) is 0 Å². The molecule has 5 nitrogen and oxygen atoms in total. The molecule has 0 bridgehead atoms. The Hall–Kier alpha value is -3.83. The molecule has 2 N–H and O–H groups in total. The third kappa shape index (κ3) is 3.40. The van der Waals surface area contributed by atoms with Crippen molar-refractivity contribution in [1.29, 1.82) is 0 Å². The van der Waals surface area contributed by atoms with E-state index < -0.39 is 17.7 Å². The number of para-hydroxylation sites is 1. The Balaban J connectivity index is 1.83. The maximum absolute atomic E-state index is 13.4. The summed E-state index contributed by atoms with van der Waals surface area (Å²) in [7, 11) is 0. The van der Waals surface area contributed by atoms with E-state index in [-0.39, 0.29) is 11.3 Å². The molecule has 1 unspecified atom stereocenters. The van der Waals surface area contributed by atoms with Crippen molar-refractivity contribution in [2.75, 3.05) is 4.90 Å². The second kappa shape index (κ2) is 8.19. The number of H-pyrrole nitrogens is 1. The zero-order chi connectivity index (χ0) is 24.1. The average molecular weight is 471 g/mol. The molecule has 170 valence electrons. The Bertz CT molecular complexity index is 1520. The van der Waals surface area contributed by atoms with Gasteiger partial charge in [0.05, 0.1) is 11.6 Å². The predicted octanol–water partition coefficient (Wildman–Crippen LogP) is 6.37. The van der Waals surface area contributed by atoms with E-state index in [9.17, 15) is 14.7 Å². The Morgan fingerprint density at radius 3 is 2.44 bits per heavy atom. The molecule has 1 aliphatic heterocycles. The molecule has 0 aliphatic carbocycles. The Morgan fingerprint density at radius 1 is 0.941 bits per heavy atom. The van der Waals surface area contributed by atoms with Crippen LogP contribution in [0.15, 0.2) is 72.3 Å². The lowest BCUT2D eigenvalue weighted by atomic mass is 9.92. The number of aromatic amines is 1. The summed E-state index contributed by atoms with van der Waals surface area (Å²) in [6.07, 6.45) is 0. The number of aryl methyl sites for hydroxylation is 3. The number of nitrogens with zero attached hydrogens (tertiary/aromatic N) is 1. The maximum atomic E-state index is 13.4. The number of carbonyl (C=O) groups excluding carboxylic acids is 2. The lowest BCUT2D eigenvalue weighted by Crippen LogP contribution is -2.29. The summed E-state index contributed by atoms with van der Waals surface area (Å²) < 4.78 is 0. The van der Waals surface area contributed by atoms with Crippen LogP contribution in [0, 0.1) is 20.8 Å². The zero-order valence-corrected chi connectivity index (χ0v) is 19.8. The third-order valence-electron chi connectivity index (χ3n) is 6.53. The summed E-state index contributed by atoms with van der Waals surface area (Å²) in [5.74, 6) is -1.63. The Kier molecular flexibility index (Phi) is 5.29. The van der Waals surface area contributed by atoms with Gasteiger partial charge in [-0.3, -0.25) is 14.5 Å². The van der Waals surface area contributed by atoms with E-state index in [0.717, 1.165) is 33.3 Å². The molecule has 1 aliphatic rings. The summed E-state index contributed by atoms with van der Waals surface area (Å²) in [6, 6.07) is 19.2. The van der Waals surface area contributed by atoms with E-state index in [4.69, 9.17) is 11.6 Å². The minimum Gasteiger partial charge on any atom is -0.507 e. The first-order chi connectivity index (χ1) is 16.3. The molecule has 1 aromatic heterocycles. The molecule has 1 atom stereocenters. The lowest BCUT2D eigenvalue weighted by Gasteiger charge is -2.26. The molecule has 1 amide bonds. The van der Waals surface area contributed by atoms with Crippen LogP contribution in [0.25, 0.3) is 16.7 Å². The van der Waals surface area contributed by atoms with Crippen LogP contribution in [0.2, 0.25) is 5.02 Å². The smallest absolute Gasteiger partial charge is 0.300 e. The lowest BCUT2D eigenvalue weighted by molar-refractivity contribution is -0.132. The molecular formula is C28H23ClN2O3. The molecule has 0 spiro atoms. The number of benzene rings is 3. The van der Waals surface area contributed by atoms with Gasteiger partial charge >= 0.3 is 0 Å². The summed E-state index contributed by atoms with van der Waals surface area (Å²) in [4.78, 5) is 31.6. The van der Waals surface area contributed by atoms with Gasteiger partial charge in [0, 0.05) is 38.4 Å². The number of halogens is 1. The van der Waals surface area contributed by atoms with Gasteiger partial charge in [-0.1, -0.05) is 48.0 Å². The van der Waals surface area contributed by atoms with Crippen LogP contribution in [0.3, 0.4) is 0 Å². The molecule has 0 radical (unpaired) electrons. The van der Waals surface area contributed by atoms with Crippen molar-refractivity contribution in [1.82, 2.24) is 4.98 Å². The number of anilines is 1. The molecule has 4 aromatic rings. The third-order valence-corrected chi connectivity index (χ3v) is 6.76. The van der Waals surface area contributed by atoms with Crippen molar-refractivity contribution < 1.29 is 14.7 Å². The number of Topliss-reactive ketones (excluding diaryl/α,β-unsaturated/α-hetero) is 1. The van der Waals surface area contributed by atoms with Crippen LogP contribution in [0.4, 0.5) is 5.69 Å². The first kappa shape index (κ1) is 22.0. The molecule has 6 heteroatoms. The van der Waals surface area contributed by atoms with E-state index in [1.54, 1.807) is 30.3 Å². The molecular weight excluding hydrogens is 448 g/mol. The van der Waals surface area contributed by atoms with Gasteiger partial charge in [-0.15, -0.1) is 0 Å². The molecule has 2 heterocycles. The van der Waals surface area contributed by atoms with Crippen LogP contribution in [0.5, 0.6) is 0 Å². The first-order valence-electron chi connectivity index (χ1n) is 11.0. The number of aliphatic hydroxyl groups excluding tert-OH is 1. The van der Waals surface area contributed by atoms with E-state index in [1.807, 2.05) is 57.2 Å². The summed E-state index contributed by atoms with van der Waals surface area (Å²) in [5, 5.41) is 12.7. The van der Waals surface area contributed by atoms with Crippen molar-refractivity contribution >= 4 is 45.6 Å². The van der Waals surface area contributed by atoms with Crippen LogP contribution in [0.1, 0.15) is 34.0 Å². The number of hydrogen-bond acceptors (Lipinski definition) is 3. The van der Waals surface area contributed by atoms with Gasteiger partial charge < -0.3 is 10.1 Å². The van der Waals surface area contributed by atoms with Crippen molar-refractivity contribution in [3.63, 3.8) is 0 Å². The molecule has 1 saturated heterocycles. The van der Waals surface area contributed by atoms with Crippen molar-refractivity contribution in [2.24, 2.45) is 0 Å². The fraction of sp³-hybridized carbons (Fsp3) is 0.143. The second-order valence-electron chi connectivity index (χ2n) is 8.66. The number of aliphatic hydroxyl groups is 1. The van der Waals surface area contributed by atoms with E-state index in [2.05, 4.69) is 4.98 Å². The monoisotopic (exact) mass is 470 g/mol. The summed E-state index contributed by atoms with van der Waals surface area (Å²) in [6.45, 7) is 5.83. The number of nitrogens with one attached hydrogen (secondary N) is 1. The second-order valence-corrected chi connectivity index (χ2v) is 9.09. The van der Waals surface area contributed by atoms with E-state index in [1.165, 1.54) is 4.90 Å². The summed E-state index contributed by atoms with van der Waals surface area (Å²) in [5.41, 5.74) is 5.55. The van der Waals surface area contributed by atoms with Crippen molar-refractivity contribution in [3.8, 4) is 0 Å². The quantitative estimate of drug-likeness (QED) is 0.207. The van der Waals surface area contributed by atoms with Gasteiger partial charge in [0.1, 0.15) is 5.76 Å². The highest BCUT2D eigenvalue weighted by Crippen LogP contribution is 2.45. The van der Waals surface area contributed by atoms with Crippen LogP contribution >= 0.6 is 11.6 Å². The van der Waals surface area contributed by atoms with Gasteiger partial charge in [-0.2, -0.15) is 0 Å². The maximum Gasteiger partial charge on any atom is 0.300 e. The molecule has 1 fully saturated rings. The highest BCUT2D eigenvalue weighted by Gasteiger charge is 2.48. The molecule has 34 heavy (non-hydrogen) atoms. The zero-order valence-electron chi connectivity index (χ0n) is 19.0. The number of fused-ring (bicyclic) bond motifs is 1. The minimum atomic E-state index is -0.823.